The highest BCUT2D eigenvalue weighted by atomic mass is 32.2. The Labute approximate surface area is 181 Å². The number of nitrogens with one attached hydrogen (secondary N) is 2. The lowest BCUT2D eigenvalue weighted by atomic mass is 9.98. The Morgan fingerprint density at radius 3 is 2.58 bits per heavy atom. The third kappa shape index (κ3) is 6.81. The fourth-order valence-corrected chi connectivity index (χ4v) is 4.72. The molecule has 2 aromatic rings. The van der Waals surface area contributed by atoms with Crippen molar-refractivity contribution in [2.75, 3.05) is 31.5 Å². The predicted octanol–water partition coefficient (Wildman–Crippen LogP) is 3.29. The van der Waals surface area contributed by atoms with Crippen molar-refractivity contribution in [3.05, 3.63) is 59.7 Å². The van der Waals surface area contributed by atoms with E-state index in [1.54, 1.807) is 24.3 Å². The van der Waals surface area contributed by atoms with Crippen LogP contribution in [-0.4, -0.2) is 45.4 Å². The molecule has 2 N–H and O–H groups in total. The molecule has 6 nitrogen and oxygen atoms in total. The van der Waals surface area contributed by atoms with Gasteiger partial charge < -0.3 is 10.2 Å². The van der Waals surface area contributed by atoms with Crippen LogP contribution in [-0.2, 0) is 14.8 Å². The van der Waals surface area contributed by atoms with Crippen LogP contribution in [0.3, 0.4) is 0 Å². The summed E-state index contributed by atoms with van der Waals surface area (Å²) in [5.41, 5.74) is 1.21. The number of benzene rings is 2. The van der Waals surface area contributed by atoms with Crippen LogP contribution in [0.2, 0.25) is 0 Å². The molecule has 168 valence electrons. The minimum Gasteiger partial charge on any atom is -0.326 e. The minimum absolute atomic E-state index is 0.156. The molecule has 1 saturated heterocycles. The van der Waals surface area contributed by atoms with Crippen LogP contribution in [0.5, 0.6) is 0 Å². The quantitative estimate of drug-likeness (QED) is 0.646. The van der Waals surface area contributed by atoms with E-state index in [4.69, 9.17) is 0 Å². The zero-order chi connectivity index (χ0) is 22.4. The van der Waals surface area contributed by atoms with Crippen molar-refractivity contribution in [2.24, 2.45) is 5.92 Å². The molecule has 2 aromatic carbocycles. The predicted molar refractivity (Wildman–Crippen MR) is 115 cm³/mol. The maximum absolute atomic E-state index is 13.2. The molecule has 1 fully saturated rings. The van der Waals surface area contributed by atoms with Crippen LogP contribution >= 0.6 is 0 Å². The van der Waals surface area contributed by atoms with Crippen LogP contribution in [0, 0.1) is 24.5 Å². The summed E-state index contributed by atoms with van der Waals surface area (Å²) in [6.45, 7) is 4.28. The Balaban J connectivity index is 1.45. The van der Waals surface area contributed by atoms with E-state index in [0.29, 0.717) is 19.6 Å². The summed E-state index contributed by atoms with van der Waals surface area (Å²) in [6, 6.07) is 9.95. The molecule has 1 aliphatic heterocycles. The number of aryl methyl sites for hydroxylation is 1. The molecule has 9 heteroatoms. The van der Waals surface area contributed by atoms with E-state index < -0.39 is 21.7 Å². The fourth-order valence-electron chi connectivity index (χ4n) is 3.61. The van der Waals surface area contributed by atoms with Crippen molar-refractivity contribution >= 4 is 21.6 Å². The van der Waals surface area contributed by atoms with Crippen LogP contribution in [0.15, 0.2) is 47.4 Å². The summed E-state index contributed by atoms with van der Waals surface area (Å²) >= 11 is 0. The minimum atomic E-state index is -3.55. The standard InChI is InChI=1S/C22H27F2N3O3S/c1-16-4-7-19(8-5-16)31(29,30)25-14-17-3-2-11-27(15-17)12-10-22(28)26-18-6-9-20(23)21(24)13-18/h4-9,13,17,25H,2-3,10-12,14-15H2,1H3,(H,26,28). The summed E-state index contributed by atoms with van der Waals surface area (Å²) < 4.78 is 53.9. The Morgan fingerprint density at radius 2 is 1.87 bits per heavy atom. The highest BCUT2D eigenvalue weighted by molar-refractivity contribution is 7.89. The van der Waals surface area contributed by atoms with E-state index in [1.165, 1.54) is 6.07 Å². The van der Waals surface area contributed by atoms with Crippen molar-refractivity contribution < 1.29 is 22.0 Å². The summed E-state index contributed by atoms with van der Waals surface area (Å²) in [7, 11) is -3.55. The van der Waals surface area contributed by atoms with Crippen molar-refractivity contribution in [1.82, 2.24) is 9.62 Å². The molecule has 3 rings (SSSR count). The largest absolute Gasteiger partial charge is 0.326 e. The van der Waals surface area contributed by atoms with Gasteiger partial charge in [-0.2, -0.15) is 0 Å². The molecule has 1 aliphatic rings. The van der Waals surface area contributed by atoms with Gasteiger partial charge in [-0.1, -0.05) is 17.7 Å². The number of halogens is 2. The highest BCUT2D eigenvalue weighted by Gasteiger charge is 2.23. The van der Waals surface area contributed by atoms with Gasteiger partial charge in [-0.25, -0.2) is 21.9 Å². The molecule has 0 aromatic heterocycles. The second-order valence-electron chi connectivity index (χ2n) is 7.90. The zero-order valence-corrected chi connectivity index (χ0v) is 18.2. The molecule has 0 saturated carbocycles. The van der Waals surface area contributed by atoms with Crippen molar-refractivity contribution in [1.29, 1.82) is 0 Å². The average Bonchev–Trinajstić information content (AvgIpc) is 2.74. The van der Waals surface area contributed by atoms with Crippen LogP contribution in [0.1, 0.15) is 24.8 Å². The van der Waals surface area contributed by atoms with Gasteiger partial charge in [0.25, 0.3) is 0 Å². The molecule has 1 unspecified atom stereocenters. The van der Waals surface area contributed by atoms with Gasteiger partial charge in [0.15, 0.2) is 11.6 Å². The van der Waals surface area contributed by atoms with Crippen LogP contribution in [0.25, 0.3) is 0 Å². The van der Waals surface area contributed by atoms with E-state index in [-0.39, 0.29) is 28.8 Å². The van der Waals surface area contributed by atoms with E-state index >= 15 is 0 Å². The van der Waals surface area contributed by atoms with Crippen molar-refractivity contribution in [3.63, 3.8) is 0 Å². The molecule has 0 radical (unpaired) electrons. The number of likely N-dealkylation sites (tertiary alicyclic amines) is 1. The third-order valence-corrected chi connectivity index (χ3v) is 6.79. The van der Waals surface area contributed by atoms with Crippen molar-refractivity contribution in [2.45, 2.75) is 31.1 Å². The number of rotatable bonds is 8. The van der Waals surface area contributed by atoms with E-state index in [0.717, 1.165) is 37.1 Å². The molecular weight excluding hydrogens is 424 g/mol. The first-order valence-electron chi connectivity index (χ1n) is 10.3. The van der Waals surface area contributed by atoms with E-state index in [2.05, 4.69) is 14.9 Å². The van der Waals surface area contributed by atoms with Gasteiger partial charge >= 0.3 is 0 Å². The molecule has 0 spiro atoms. The molecule has 0 aliphatic carbocycles. The molecule has 1 amide bonds. The molecule has 31 heavy (non-hydrogen) atoms. The SMILES string of the molecule is Cc1ccc(S(=O)(=O)NCC2CCCN(CCC(=O)Nc3ccc(F)c(F)c3)C2)cc1. The number of hydrogen-bond acceptors (Lipinski definition) is 4. The molecular formula is C22H27F2N3O3S. The Bertz CT molecular complexity index is 1010. The first-order chi connectivity index (χ1) is 14.7. The Kier molecular flexibility index (Phi) is 7.74. The summed E-state index contributed by atoms with van der Waals surface area (Å²) in [5.74, 6) is -2.10. The van der Waals surface area contributed by atoms with Gasteiger partial charge in [0, 0.05) is 37.8 Å². The maximum Gasteiger partial charge on any atom is 0.240 e. The number of hydrogen-bond donors (Lipinski definition) is 2. The number of nitrogens with zero attached hydrogens (tertiary/aromatic N) is 1. The van der Waals surface area contributed by atoms with Gasteiger partial charge in [0.2, 0.25) is 15.9 Å². The fraction of sp³-hybridized carbons (Fsp3) is 0.409. The maximum atomic E-state index is 13.2. The number of piperidine rings is 1. The smallest absolute Gasteiger partial charge is 0.240 e. The average molecular weight is 452 g/mol. The first kappa shape index (κ1) is 23.3. The third-order valence-electron chi connectivity index (χ3n) is 5.35. The van der Waals surface area contributed by atoms with Gasteiger partial charge in [0.1, 0.15) is 0 Å². The van der Waals surface area contributed by atoms with Gasteiger partial charge in [-0.15, -0.1) is 0 Å². The topological polar surface area (TPSA) is 78.5 Å². The van der Waals surface area contributed by atoms with Crippen LogP contribution in [0.4, 0.5) is 14.5 Å². The first-order valence-corrected chi connectivity index (χ1v) is 11.7. The normalized spacial score (nSPS) is 17.5. The Morgan fingerprint density at radius 1 is 1.13 bits per heavy atom. The monoisotopic (exact) mass is 451 g/mol. The van der Waals surface area contributed by atoms with Gasteiger partial charge in [-0.05, 0) is 56.5 Å². The molecule has 0 bridgehead atoms. The van der Waals surface area contributed by atoms with Crippen molar-refractivity contribution in [3.8, 4) is 0 Å². The number of anilines is 1. The number of carbonyl (C=O) groups excluding carboxylic acids is 1. The number of amides is 1. The van der Waals surface area contributed by atoms with Gasteiger partial charge in [-0.3, -0.25) is 4.79 Å². The second-order valence-corrected chi connectivity index (χ2v) is 9.67. The summed E-state index contributed by atoms with van der Waals surface area (Å²) in [4.78, 5) is 14.5. The highest BCUT2D eigenvalue weighted by Crippen LogP contribution is 2.18. The van der Waals surface area contributed by atoms with Crippen LogP contribution < -0.4 is 10.0 Å². The lowest BCUT2D eigenvalue weighted by Crippen LogP contribution is -2.41. The molecule has 1 atom stereocenters. The lowest BCUT2D eigenvalue weighted by Gasteiger charge is -2.32. The van der Waals surface area contributed by atoms with E-state index in [9.17, 15) is 22.0 Å². The molecule has 1 heterocycles. The van der Waals surface area contributed by atoms with E-state index in [1.807, 2.05) is 6.92 Å². The zero-order valence-electron chi connectivity index (χ0n) is 17.4. The lowest BCUT2D eigenvalue weighted by molar-refractivity contribution is -0.116. The number of sulfonamides is 1. The number of carbonyl (C=O) groups is 1. The summed E-state index contributed by atoms with van der Waals surface area (Å²) in [5, 5.41) is 2.56. The summed E-state index contributed by atoms with van der Waals surface area (Å²) in [6.07, 6.45) is 2.04. The Hall–Kier alpha value is -2.36. The van der Waals surface area contributed by atoms with Gasteiger partial charge in [0.05, 0.1) is 4.90 Å². The second kappa shape index (κ2) is 10.3.